The number of methoxy groups -OCH3 is 1. The summed E-state index contributed by atoms with van der Waals surface area (Å²) in [5.41, 5.74) is 2.16. The van der Waals surface area contributed by atoms with Crippen molar-refractivity contribution in [3.8, 4) is 23.1 Å². The molecule has 0 radical (unpaired) electrons. The summed E-state index contributed by atoms with van der Waals surface area (Å²) < 4.78 is 5.26. The molecule has 0 amide bonds. The average molecular weight is 210 g/mol. The van der Waals surface area contributed by atoms with Gasteiger partial charge in [0.25, 0.3) is 0 Å². The van der Waals surface area contributed by atoms with Crippen molar-refractivity contribution in [2.24, 2.45) is 0 Å². The van der Waals surface area contributed by atoms with Crippen molar-refractivity contribution in [2.45, 2.75) is 0 Å². The third-order valence-electron chi connectivity index (χ3n) is 2.28. The SMILES string of the molecule is COc1c(C#N)cccc1-c1ccccn1. The number of hydrogen-bond acceptors (Lipinski definition) is 3. The zero-order chi connectivity index (χ0) is 11.4. The quantitative estimate of drug-likeness (QED) is 0.765. The second-order valence-electron chi connectivity index (χ2n) is 3.21. The van der Waals surface area contributed by atoms with Crippen molar-refractivity contribution in [3.63, 3.8) is 0 Å². The van der Waals surface area contributed by atoms with Gasteiger partial charge < -0.3 is 4.74 Å². The molecule has 2 rings (SSSR count). The summed E-state index contributed by atoms with van der Waals surface area (Å²) in [6, 6.07) is 13.2. The van der Waals surface area contributed by atoms with Crippen molar-refractivity contribution >= 4 is 0 Å². The van der Waals surface area contributed by atoms with E-state index >= 15 is 0 Å². The van der Waals surface area contributed by atoms with E-state index in [1.165, 1.54) is 0 Å². The van der Waals surface area contributed by atoms with E-state index in [2.05, 4.69) is 11.1 Å². The van der Waals surface area contributed by atoms with Crippen LogP contribution in [0.25, 0.3) is 11.3 Å². The predicted octanol–water partition coefficient (Wildman–Crippen LogP) is 2.63. The third-order valence-corrected chi connectivity index (χ3v) is 2.28. The fourth-order valence-corrected chi connectivity index (χ4v) is 1.57. The summed E-state index contributed by atoms with van der Waals surface area (Å²) in [5.74, 6) is 0.573. The lowest BCUT2D eigenvalue weighted by Gasteiger charge is -2.08. The maximum absolute atomic E-state index is 8.97. The van der Waals surface area contributed by atoms with Crippen LogP contribution >= 0.6 is 0 Å². The molecule has 0 aliphatic rings. The van der Waals surface area contributed by atoms with E-state index in [4.69, 9.17) is 10.00 Å². The minimum absolute atomic E-state index is 0.519. The highest BCUT2D eigenvalue weighted by atomic mass is 16.5. The van der Waals surface area contributed by atoms with Crippen molar-refractivity contribution in [2.75, 3.05) is 7.11 Å². The van der Waals surface area contributed by atoms with Gasteiger partial charge in [-0.1, -0.05) is 12.1 Å². The maximum atomic E-state index is 8.97. The van der Waals surface area contributed by atoms with Crippen LogP contribution < -0.4 is 4.74 Å². The number of nitrogens with zero attached hydrogens (tertiary/aromatic N) is 2. The van der Waals surface area contributed by atoms with Gasteiger partial charge in [0, 0.05) is 11.8 Å². The molecular formula is C13H10N2O. The molecule has 0 atom stereocenters. The highest BCUT2D eigenvalue weighted by molar-refractivity contribution is 5.70. The first-order chi connectivity index (χ1) is 7.86. The number of pyridine rings is 1. The van der Waals surface area contributed by atoms with Gasteiger partial charge in [-0.05, 0) is 24.3 Å². The molecule has 1 aromatic heterocycles. The highest BCUT2D eigenvalue weighted by Crippen LogP contribution is 2.31. The van der Waals surface area contributed by atoms with Crippen LogP contribution in [0, 0.1) is 11.3 Å². The summed E-state index contributed by atoms with van der Waals surface area (Å²) in [4.78, 5) is 4.24. The van der Waals surface area contributed by atoms with E-state index in [9.17, 15) is 0 Å². The number of aromatic nitrogens is 1. The molecule has 0 aliphatic carbocycles. The largest absolute Gasteiger partial charge is 0.495 e. The monoisotopic (exact) mass is 210 g/mol. The number of para-hydroxylation sites is 1. The Morgan fingerprint density at radius 1 is 1.19 bits per heavy atom. The number of nitriles is 1. The number of ether oxygens (including phenoxy) is 1. The molecule has 0 N–H and O–H groups in total. The Morgan fingerprint density at radius 3 is 2.69 bits per heavy atom. The summed E-state index contributed by atoms with van der Waals surface area (Å²) in [6.45, 7) is 0. The molecule has 3 nitrogen and oxygen atoms in total. The molecule has 1 aromatic carbocycles. The lowest BCUT2D eigenvalue weighted by molar-refractivity contribution is 0.415. The lowest BCUT2D eigenvalue weighted by Crippen LogP contribution is -1.92. The first-order valence-electron chi connectivity index (χ1n) is 4.85. The number of hydrogen-bond donors (Lipinski definition) is 0. The van der Waals surface area contributed by atoms with Gasteiger partial charge in [-0.2, -0.15) is 5.26 Å². The van der Waals surface area contributed by atoms with Gasteiger partial charge in [0.2, 0.25) is 0 Å². The first kappa shape index (κ1) is 10.2. The van der Waals surface area contributed by atoms with Crippen molar-refractivity contribution in [1.29, 1.82) is 5.26 Å². The van der Waals surface area contributed by atoms with Crippen LogP contribution in [-0.4, -0.2) is 12.1 Å². The van der Waals surface area contributed by atoms with Gasteiger partial charge in [0.05, 0.1) is 18.4 Å². The molecule has 0 spiro atoms. The van der Waals surface area contributed by atoms with Crippen LogP contribution in [0.3, 0.4) is 0 Å². The van der Waals surface area contributed by atoms with Crippen LogP contribution in [0.15, 0.2) is 42.6 Å². The smallest absolute Gasteiger partial charge is 0.146 e. The fourth-order valence-electron chi connectivity index (χ4n) is 1.57. The summed E-state index contributed by atoms with van der Waals surface area (Å²) in [6.07, 6.45) is 1.72. The van der Waals surface area contributed by atoms with Crippen molar-refractivity contribution in [1.82, 2.24) is 4.98 Å². The Hall–Kier alpha value is -2.34. The van der Waals surface area contributed by atoms with Crippen LogP contribution in [0.5, 0.6) is 5.75 Å². The molecule has 2 aromatic rings. The van der Waals surface area contributed by atoms with Gasteiger partial charge in [-0.25, -0.2) is 0 Å². The van der Waals surface area contributed by atoms with Gasteiger partial charge in [-0.15, -0.1) is 0 Å². The zero-order valence-electron chi connectivity index (χ0n) is 8.84. The minimum Gasteiger partial charge on any atom is -0.495 e. The van der Waals surface area contributed by atoms with Gasteiger partial charge >= 0.3 is 0 Å². The molecule has 0 fully saturated rings. The van der Waals surface area contributed by atoms with Gasteiger partial charge in [-0.3, -0.25) is 4.98 Å². The molecule has 0 saturated carbocycles. The van der Waals surface area contributed by atoms with Crippen molar-refractivity contribution in [3.05, 3.63) is 48.2 Å². The lowest BCUT2D eigenvalue weighted by atomic mass is 10.1. The second-order valence-corrected chi connectivity index (χ2v) is 3.21. The van der Waals surface area contributed by atoms with Crippen molar-refractivity contribution < 1.29 is 4.74 Å². The molecule has 78 valence electrons. The standard InChI is InChI=1S/C13H10N2O/c1-16-13-10(9-14)5-4-6-11(13)12-7-2-3-8-15-12/h2-8H,1H3. The topological polar surface area (TPSA) is 45.9 Å². The Labute approximate surface area is 93.9 Å². The molecule has 3 heteroatoms. The Balaban J connectivity index is 2.62. The van der Waals surface area contributed by atoms with Crippen LogP contribution in [0.2, 0.25) is 0 Å². The van der Waals surface area contributed by atoms with E-state index in [0.717, 1.165) is 11.3 Å². The number of benzene rings is 1. The van der Waals surface area contributed by atoms with E-state index < -0.39 is 0 Å². The van der Waals surface area contributed by atoms with Crippen LogP contribution in [0.4, 0.5) is 0 Å². The van der Waals surface area contributed by atoms with Crippen LogP contribution in [0.1, 0.15) is 5.56 Å². The van der Waals surface area contributed by atoms with Crippen LogP contribution in [-0.2, 0) is 0 Å². The summed E-state index contributed by atoms with van der Waals surface area (Å²) >= 11 is 0. The zero-order valence-corrected chi connectivity index (χ0v) is 8.84. The van der Waals surface area contributed by atoms with E-state index in [0.29, 0.717) is 11.3 Å². The Kier molecular flexibility index (Phi) is 2.84. The number of rotatable bonds is 2. The Bertz CT molecular complexity index is 529. The average Bonchev–Trinajstić information content (AvgIpc) is 2.38. The summed E-state index contributed by atoms with van der Waals surface area (Å²) in [7, 11) is 1.56. The van der Waals surface area contributed by atoms with E-state index in [1.54, 1.807) is 19.4 Å². The Morgan fingerprint density at radius 2 is 2.06 bits per heavy atom. The molecule has 0 aliphatic heterocycles. The highest BCUT2D eigenvalue weighted by Gasteiger charge is 2.10. The van der Waals surface area contributed by atoms with Gasteiger partial charge in [0.1, 0.15) is 11.8 Å². The fraction of sp³-hybridized carbons (Fsp3) is 0.0769. The first-order valence-corrected chi connectivity index (χ1v) is 4.85. The predicted molar refractivity (Wildman–Crippen MR) is 60.9 cm³/mol. The minimum atomic E-state index is 0.519. The molecule has 16 heavy (non-hydrogen) atoms. The van der Waals surface area contributed by atoms with Gasteiger partial charge in [0.15, 0.2) is 0 Å². The second kappa shape index (κ2) is 4.45. The third kappa shape index (κ3) is 1.73. The molecule has 1 heterocycles. The maximum Gasteiger partial charge on any atom is 0.146 e. The molecule has 0 bridgehead atoms. The normalized spacial score (nSPS) is 9.50. The molecule has 0 unspecified atom stereocenters. The molecule has 0 saturated heterocycles. The molecular weight excluding hydrogens is 200 g/mol. The summed E-state index contributed by atoms with van der Waals surface area (Å²) in [5, 5.41) is 8.97. The van der Waals surface area contributed by atoms with E-state index in [-0.39, 0.29) is 0 Å². The van der Waals surface area contributed by atoms with E-state index in [1.807, 2.05) is 30.3 Å².